The van der Waals surface area contributed by atoms with Crippen LogP contribution in [0.15, 0.2) is 6.07 Å². The van der Waals surface area contributed by atoms with E-state index in [0.717, 1.165) is 18.5 Å². The molecule has 2 amide bonds. The van der Waals surface area contributed by atoms with Crippen LogP contribution in [0.3, 0.4) is 0 Å². The summed E-state index contributed by atoms with van der Waals surface area (Å²) in [5, 5.41) is 4.20. The number of carbonyl (C=O) groups excluding carboxylic acids is 2. The number of aromatic nitrogens is 2. The van der Waals surface area contributed by atoms with Crippen molar-refractivity contribution in [2.45, 2.75) is 19.8 Å². The number of nitrogens with zero attached hydrogens (tertiary/aromatic N) is 4. The minimum atomic E-state index is 0.00357. The summed E-state index contributed by atoms with van der Waals surface area (Å²) in [6.07, 6.45) is 1.47. The fourth-order valence-corrected chi connectivity index (χ4v) is 2.67. The molecule has 0 N–H and O–H groups in total. The van der Waals surface area contributed by atoms with E-state index in [9.17, 15) is 9.59 Å². The first-order valence-corrected chi connectivity index (χ1v) is 6.91. The van der Waals surface area contributed by atoms with Crippen molar-refractivity contribution in [1.29, 1.82) is 0 Å². The van der Waals surface area contributed by atoms with E-state index in [2.05, 4.69) is 5.10 Å². The van der Waals surface area contributed by atoms with Crippen LogP contribution in [0.25, 0.3) is 0 Å². The largest absolute Gasteiger partial charge is 0.349 e. The average Bonchev–Trinajstić information content (AvgIpc) is 2.76. The van der Waals surface area contributed by atoms with Gasteiger partial charge in [-0.2, -0.15) is 5.10 Å². The molecule has 2 heterocycles. The van der Waals surface area contributed by atoms with E-state index in [1.54, 1.807) is 36.8 Å². The molecule has 0 aliphatic carbocycles. The molecule has 1 aromatic heterocycles. The molecule has 1 saturated heterocycles. The van der Waals surface area contributed by atoms with E-state index < -0.39 is 0 Å². The maximum Gasteiger partial charge on any atom is 0.272 e. The van der Waals surface area contributed by atoms with Crippen molar-refractivity contribution in [3.05, 3.63) is 17.5 Å². The number of hydrogen-bond donors (Lipinski definition) is 0. The lowest BCUT2D eigenvalue weighted by atomic mass is 9.95. The molecule has 6 nitrogen and oxygen atoms in total. The SMILES string of the molecule is Cc1cc(C(=O)N2CCC(C(=O)N(C)C)CC2)n(C)n1. The Morgan fingerprint density at radius 1 is 1.30 bits per heavy atom. The number of hydrogen-bond acceptors (Lipinski definition) is 3. The summed E-state index contributed by atoms with van der Waals surface area (Å²) in [5.41, 5.74) is 1.45. The summed E-state index contributed by atoms with van der Waals surface area (Å²) >= 11 is 0. The maximum atomic E-state index is 12.4. The molecule has 20 heavy (non-hydrogen) atoms. The topological polar surface area (TPSA) is 58.4 Å². The minimum Gasteiger partial charge on any atom is -0.349 e. The number of amides is 2. The van der Waals surface area contributed by atoms with E-state index in [0.29, 0.717) is 18.8 Å². The molecule has 0 bridgehead atoms. The van der Waals surface area contributed by atoms with Crippen LogP contribution in [-0.2, 0) is 11.8 Å². The first kappa shape index (κ1) is 14.6. The lowest BCUT2D eigenvalue weighted by molar-refractivity contribution is -0.134. The van der Waals surface area contributed by atoms with Crippen LogP contribution in [-0.4, -0.2) is 58.6 Å². The van der Waals surface area contributed by atoms with Gasteiger partial charge >= 0.3 is 0 Å². The maximum absolute atomic E-state index is 12.4. The minimum absolute atomic E-state index is 0.00357. The fraction of sp³-hybridized carbons (Fsp3) is 0.643. The van der Waals surface area contributed by atoms with Gasteiger partial charge in [0, 0.05) is 40.2 Å². The van der Waals surface area contributed by atoms with Crippen molar-refractivity contribution in [2.24, 2.45) is 13.0 Å². The van der Waals surface area contributed by atoms with Crippen molar-refractivity contribution in [2.75, 3.05) is 27.2 Å². The number of carbonyl (C=O) groups is 2. The zero-order chi connectivity index (χ0) is 14.9. The van der Waals surface area contributed by atoms with Gasteiger partial charge < -0.3 is 9.80 Å². The highest BCUT2D eigenvalue weighted by Crippen LogP contribution is 2.20. The Kier molecular flexibility index (Phi) is 4.11. The van der Waals surface area contributed by atoms with Crippen LogP contribution in [0, 0.1) is 12.8 Å². The molecular formula is C14H22N4O2. The van der Waals surface area contributed by atoms with Crippen molar-refractivity contribution < 1.29 is 9.59 Å². The number of piperidine rings is 1. The molecular weight excluding hydrogens is 256 g/mol. The predicted octanol–water partition coefficient (Wildman–Crippen LogP) is 0.669. The quantitative estimate of drug-likeness (QED) is 0.799. The van der Waals surface area contributed by atoms with Crippen LogP contribution in [0.1, 0.15) is 29.0 Å². The van der Waals surface area contributed by atoms with E-state index >= 15 is 0 Å². The van der Waals surface area contributed by atoms with Gasteiger partial charge in [-0.25, -0.2) is 0 Å². The normalized spacial score (nSPS) is 16.3. The van der Waals surface area contributed by atoms with Gasteiger partial charge in [0.25, 0.3) is 5.91 Å². The molecule has 0 atom stereocenters. The van der Waals surface area contributed by atoms with Crippen LogP contribution in [0.5, 0.6) is 0 Å². The smallest absolute Gasteiger partial charge is 0.272 e. The summed E-state index contributed by atoms with van der Waals surface area (Å²) in [5.74, 6) is 0.208. The Balaban J connectivity index is 1.99. The highest BCUT2D eigenvalue weighted by atomic mass is 16.2. The Morgan fingerprint density at radius 3 is 2.35 bits per heavy atom. The molecule has 1 aliphatic rings. The second-order valence-electron chi connectivity index (χ2n) is 5.59. The highest BCUT2D eigenvalue weighted by molar-refractivity contribution is 5.93. The number of rotatable bonds is 2. The average molecular weight is 278 g/mol. The molecule has 2 rings (SSSR count). The second kappa shape index (κ2) is 5.64. The molecule has 110 valence electrons. The molecule has 1 aliphatic heterocycles. The van der Waals surface area contributed by atoms with Crippen LogP contribution in [0.4, 0.5) is 0 Å². The zero-order valence-corrected chi connectivity index (χ0v) is 12.6. The molecule has 0 saturated carbocycles. The second-order valence-corrected chi connectivity index (χ2v) is 5.59. The van der Waals surface area contributed by atoms with Gasteiger partial charge in [-0.3, -0.25) is 14.3 Å². The van der Waals surface area contributed by atoms with E-state index in [1.807, 2.05) is 11.8 Å². The molecule has 1 fully saturated rings. The summed E-state index contributed by atoms with van der Waals surface area (Å²) in [6, 6.07) is 1.80. The van der Waals surface area contributed by atoms with Crippen LogP contribution < -0.4 is 0 Å². The van der Waals surface area contributed by atoms with Gasteiger partial charge in [-0.1, -0.05) is 0 Å². The summed E-state index contributed by atoms with van der Waals surface area (Å²) < 4.78 is 1.62. The standard InChI is InChI=1S/C14H22N4O2/c1-10-9-12(17(4)15-10)14(20)18-7-5-11(6-8-18)13(19)16(2)3/h9,11H,5-8H2,1-4H3. The van der Waals surface area contributed by atoms with Gasteiger partial charge in [0.15, 0.2) is 0 Å². The van der Waals surface area contributed by atoms with Gasteiger partial charge in [-0.05, 0) is 25.8 Å². The third-order valence-electron chi connectivity index (χ3n) is 3.79. The molecule has 1 aromatic rings. The third kappa shape index (κ3) is 2.84. The van der Waals surface area contributed by atoms with Crippen molar-refractivity contribution in [3.63, 3.8) is 0 Å². The Hall–Kier alpha value is -1.85. The predicted molar refractivity (Wildman–Crippen MR) is 75.3 cm³/mol. The molecule has 0 spiro atoms. The zero-order valence-electron chi connectivity index (χ0n) is 12.6. The van der Waals surface area contributed by atoms with Gasteiger partial charge in [0.2, 0.25) is 5.91 Å². The Labute approximate surface area is 119 Å². The summed E-state index contributed by atoms with van der Waals surface area (Å²) in [4.78, 5) is 27.8. The Morgan fingerprint density at radius 2 is 1.90 bits per heavy atom. The molecule has 0 unspecified atom stereocenters. The van der Waals surface area contributed by atoms with Gasteiger partial charge in [0.1, 0.15) is 5.69 Å². The molecule has 0 radical (unpaired) electrons. The van der Waals surface area contributed by atoms with Crippen molar-refractivity contribution >= 4 is 11.8 Å². The van der Waals surface area contributed by atoms with Crippen LogP contribution >= 0.6 is 0 Å². The van der Waals surface area contributed by atoms with Gasteiger partial charge in [-0.15, -0.1) is 0 Å². The summed E-state index contributed by atoms with van der Waals surface area (Å²) in [6.45, 7) is 3.14. The lowest BCUT2D eigenvalue weighted by Gasteiger charge is -2.32. The number of likely N-dealkylation sites (tertiary alicyclic amines) is 1. The monoisotopic (exact) mass is 278 g/mol. The molecule has 0 aromatic carbocycles. The Bertz CT molecular complexity index is 513. The first-order valence-electron chi connectivity index (χ1n) is 6.91. The number of aryl methyl sites for hydroxylation is 2. The molecule has 6 heteroatoms. The van der Waals surface area contributed by atoms with Crippen molar-refractivity contribution in [3.8, 4) is 0 Å². The van der Waals surface area contributed by atoms with E-state index in [1.165, 1.54) is 0 Å². The van der Waals surface area contributed by atoms with E-state index in [4.69, 9.17) is 0 Å². The third-order valence-corrected chi connectivity index (χ3v) is 3.79. The fourth-order valence-electron chi connectivity index (χ4n) is 2.67. The highest BCUT2D eigenvalue weighted by Gasteiger charge is 2.29. The van der Waals surface area contributed by atoms with Gasteiger partial charge in [0.05, 0.1) is 5.69 Å². The first-order chi connectivity index (χ1) is 9.40. The van der Waals surface area contributed by atoms with E-state index in [-0.39, 0.29) is 17.7 Å². The van der Waals surface area contributed by atoms with Crippen molar-refractivity contribution in [1.82, 2.24) is 19.6 Å². The lowest BCUT2D eigenvalue weighted by Crippen LogP contribution is -2.43. The van der Waals surface area contributed by atoms with Crippen LogP contribution in [0.2, 0.25) is 0 Å². The summed E-state index contributed by atoms with van der Waals surface area (Å²) in [7, 11) is 5.33.